The van der Waals surface area contributed by atoms with Crippen molar-refractivity contribution in [2.75, 3.05) is 4.90 Å². The number of imide groups is 1. The quantitative estimate of drug-likeness (QED) is 0.188. The molecule has 9 heteroatoms. The second kappa shape index (κ2) is 9.62. The second-order valence-electron chi connectivity index (χ2n) is 10.9. The van der Waals surface area contributed by atoms with Gasteiger partial charge in [-0.15, -0.1) is 6.58 Å². The minimum Gasteiger partial charge on any atom is -0.507 e. The fraction of sp³-hybridized carbons (Fsp3) is 0.250. The van der Waals surface area contributed by atoms with Crippen LogP contribution in [0.5, 0.6) is 5.75 Å². The standard InChI is InChI=1S/C32H26N2O7/c1-3-6-17-7-4-10-21(30(17)37)26-20-11-12-22-27(23(20)15-24-25(35)13-16(2)29(36)28(24)26)32(39)33(31(22)38)18-8-5-9-19(14-18)34(40)41/h3-5,7-11,13-14,22-23,26-27,37H,1,6,12,15H2,2H3. The molecule has 1 aliphatic heterocycles. The van der Waals surface area contributed by atoms with Crippen molar-refractivity contribution in [3.05, 3.63) is 111 Å². The summed E-state index contributed by atoms with van der Waals surface area (Å²) in [5.41, 5.74) is 2.55. The van der Waals surface area contributed by atoms with E-state index >= 15 is 0 Å². The number of Topliss-reactive ketones (excluding diaryl/α,β-unsaturated/α-hetero) is 1. The summed E-state index contributed by atoms with van der Waals surface area (Å²) in [5.74, 6) is -4.46. The van der Waals surface area contributed by atoms with Crippen LogP contribution < -0.4 is 4.90 Å². The average molecular weight is 551 g/mol. The Morgan fingerprint density at radius 2 is 1.85 bits per heavy atom. The Kier molecular flexibility index (Phi) is 6.17. The molecule has 2 aromatic rings. The number of ketones is 2. The normalized spacial score (nSPS) is 25.3. The van der Waals surface area contributed by atoms with Gasteiger partial charge in [-0.3, -0.25) is 29.3 Å². The first-order chi connectivity index (χ1) is 19.6. The largest absolute Gasteiger partial charge is 0.507 e. The Balaban J connectivity index is 1.49. The third-order valence-electron chi connectivity index (χ3n) is 8.69. The number of fused-ring (bicyclic) bond motifs is 3. The first kappa shape index (κ1) is 26.3. The van der Waals surface area contributed by atoms with Crippen molar-refractivity contribution in [1.29, 1.82) is 0 Å². The third kappa shape index (κ3) is 3.91. The van der Waals surface area contributed by atoms with Crippen LogP contribution in [0.3, 0.4) is 0 Å². The zero-order chi connectivity index (χ0) is 29.2. The van der Waals surface area contributed by atoms with Crippen LogP contribution in [0.4, 0.5) is 11.4 Å². The zero-order valence-electron chi connectivity index (χ0n) is 22.2. The molecule has 1 N–H and O–H groups in total. The summed E-state index contributed by atoms with van der Waals surface area (Å²) in [6, 6.07) is 10.6. The first-order valence-corrected chi connectivity index (χ1v) is 13.4. The lowest BCUT2D eigenvalue weighted by atomic mass is 9.59. The van der Waals surface area contributed by atoms with Gasteiger partial charge in [-0.25, -0.2) is 4.90 Å². The number of aromatic hydroxyl groups is 1. The van der Waals surface area contributed by atoms with Crippen LogP contribution in [-0.4, -0.2) is 33.4 Å². The molecular formula is C32H26N2O7. The molecule has 206 valence electrons. The fourth-order valence-electron chi connectivity index (χ4n) is 6.88. The van der Waals surface area contributed by atoms with Crippen molar-refractivity contribution in [3.63, 3.8) is 0 Å². The van der Waals surface area contributed by atoms with Crippen LogP contribution in [0.25, 0.3) is 0 Å². The maximum absolute atomic E-state index is 14.0. The molecule has 2 amide bonds. The lowest BCUT2D eigenvalue weighted by Gasteiger charge is -2.42. The summed E-state index contributed by atoms with van der Waals surface area (Å²) in [4.78, 5) is 66.2. The number of anilines is 1. The van der Waals surface area contributed by atoms with Gasteiger partial charge in [0.1, 0.15) is 5.75 Å². The molecule has 4 unspecified atom stereocenters. The highest BCUT2D eigenvalue weighted by atomic mass is 16.6. The van der Waals surface area contributed by atoms with Gasteiger partial charge in [0.25, 0.3) is 5.69 Å². The number of para-hydroxylation sites is 1. The second-order valence-corrected chi connectivity index (χ2v) is 10.9. The van der Waals surface area contributed by atoms with Crippen LogP contribution in [0.1, 0.15) is 36.8 Å². The number of hydrogen-bond donors (Lipinski definition) is 1. The van der Waals surface area contributed by atoms with Crippen LogP contribution in [0, 0.1) is 27.9 Å². The van der Waals surface area contributed by atoms with E-state index in [-0.39, 0.29) is 47.1 Å². The molecule has 0 bridgehead atoms. The maximum Gasteiger partial charge on any atom is 0.271 e. The van der Waals surface area contributed by atoms with E-state index < -0.39 is 40.4 Å². The summed E-state index contributed by atoms with van der Waals surface area (Å²) in [6.07, 6.45) is 5.54. The Hall–Kier alpha value is -4.92. The number of hydrogen-bond acceptors (Lipinski definition) is 7. The predicted molar refractivity (Wildman–Crippen MR) is 149 cm³/mol. The van der Waals surface area contributed by atoms with Gasteiger partial charge in [0.05, 0.1) is 22.4 Å². The van der Waals surface area contributed by atoms with Gasteiger partial charge in [-0.1, -0.05) is 42.0 Å². The number of nitrogens with zero attached hydrogens (tertiary/aromatic N) is 2. The molecule has 0 aromatic heterocycles. The molecule has 6 rings (SSSR count). The van der Waals surface area contributed by atoms with E-state index in [2.05, 4.69) is 6.58 Å². The summed E-state index contributed by atoms with van der Waals surface area (Å²) < 4.78 is 0. The number of phenols is 1. The van der Waals surface area contributed by atoms with Gasteiger partial charge in [0.15, 0.2) is 11.6 Å². The van der Waals surface area contributed by atoms with Crippen LogP contribution in [-0.2, 0) is 25.6 Å². The summed E-state index contributed by atoms with van der Waals surface area (Å²) in [6.45, 7) is 5.34. The predicted octanol–water partition coefficient (Wildman–Crippen LogP) is 4.66. The van der Waals surface area contributed by atoms with Gasteiger partial charge in [-0.05, 0) is 49.8 Å². The van der Waals surface area contributed by atoms with E-state index in [4.69, 9.17) is 0 Å². The zero-order valence-corrected chi connectivity index (χ0v) is 22.2. The number of benzene rings is 2. The van der Waals surface area contributed by atoms with Crippen LogP contribution >= 0.6 is 0 Å². The molecule has 1 saturated heterocycles. The number of amides is 2. The molecule has 2 aromatic carbocycles. The SMILES string of the molecule is C=CCc1cccc(C2C3=CCC4C(=O)N(c5cccc([N+](=O)[O-])c5)C(=O)C4C3CC3=C2C(=O)C(C)=CC3=O)c1O. The highest BCUT2D eigenvalue weighted by Crippen LogP contribution is 2.56. The average Bonchev–Trinajstić information content (AvgIpc) is 3.21. The molecule has 9 nitrogen and oxygen atoms in total. The Morgan fingerprint density at radius 1 is 1.10 bits per heavy atom. The van der Waals surface area contributed by atoms with E-state index in [0.717, 1.165) is 4.90 Å². The molecular weight excluding hydrogens is 524 g/mol. The van der Waals surface area contributed by atoms with Crippen LogP contribution in [0.15, 0.2) is 89.6 Å². The Bertz CT molecular complexity index is 1700. The monoisotopic (exact) mass is 550 g/mol. The molecule has 4 aliphatic rings. The lowest BCUT2D eigenvalue weighted by Crippen LogP contribution is -2.39. The van der Waals surface area contributed by atoms with E-state index in [1.807, 2.05) is 6.08 Å². The molecule has 0 saturated carbocycles. The number of phenolic OH excluding ortho intramolecular Hbond substituents is 1. The van der Waals surface area contributed by atoms with Crippen LogP contribution in [0.2, 0.25) is 0 Å². The first-order valence-electron chi connectivity index (χ1n) is 13.4. The number of nitro groups is 1. The van der Waals surface area contributed by atoms with Crippen molar-refractivity contribution >= 4 is 34.8 Å². The molecule has 4 atom stereocenters. The summed E-state index contributed by atoms with van der Waals surface area (Å²) in [5, 5.41) is 22.7. The lowest BCUT2D eigenvalue weighted by molar-refractivity contribution is -0.384. The Morgan fingerprint density at radius 3 is 2.59 bits per heavy atom. The van der Waals surface area contributed by atoms with Gasteiger partial charge >= 0.3 is 0 Å². The van der Waals surface area contributed by atoms with Crippen molar-refractivity contribution in [1.82, 2.24) is 0 Å². The fourth-order valence-corrected chi connectivity index (χ4v) is 6.88. The van der Waals surface area contributed by atoms with Crippen molar-refractivity contribution in [2.45, 2.75) is 32.1 Å². The number of nitro benzene ring substituents is 1. The highest BCUT2D eigenvalue weighted by Gasteiger charge is 2.57. The van der Waals surface area contributed by atoms with E-state index in [0.29, 0.717) is 34.3 Å². The maximum atomic E-state index is 14.0. The molecule has 3 aliphatic carbocycles. The number of carbonyl (C=O) groups excluding carboxylic acids is 4. The molecule has 0 spiro atoms. The molecule has 1 heterocycles. The summed E-state index contributed by atoms with van der Waals surface area (Å²) >= 11 is 0. The number of carbonyl (C=O) groups is 4. The summed E-state index contributed by atoms with van der Waals surface area (Å²) in [7, 11) is 0. The van der Waals surface area contributed by atoms with E-state index in [1.165, 1.54) is 30.3 Å². The number of rotatable bonds is 5. The van der Waals surface area contributed by atoms with Crippen molar-refractivity contribution in [3.8, 4) is 5.75 Å². The minimum atomic E-state index is -0.827. The van der Waals surface area contributed by atoms with Gasteiger partial charge in [-0.2, -0.15) is 0 Å². The molecule has 0 radical (unpaired) electrons. The Labute approximate surface area is 235 Å². The number of non-ortho nitro benzene ring substituents is 1. The molecule has 41 heavy (non-hydrogen) atoms. The highest BCUT2D eigenvalue weighted by molar-refractivity contribution is 6.25. The third-order valence-corrected chi connectivity index (χ3v) is 8.69. The van der Waals surface area contributed by atoms with Crippen molar-refractivity contribution in [2.24, 2.45) is 17.8 Å². The molecule has 1 fully saturated rings. The van der Waals surface area contributed by atoms with Gasteiger partial charge in [0, 0.05) is 40.3 Å². The van der Waals surface area contributed by atoms with Gasteiger partial charge in [0.2, 0.25) is 11.8 Å². The smallest absolute Gasteiger partial charge is 0.271 e. The van der Waals surface area contributed by atoms with Crippen molar-refractivity contribution < 1.29 is 29.2 Å². The minimum absolute atomic E-state index is 0.00701. The van der Waals surface area contributed by atoms with E-state index in [9.17, 15) is 34.4 Å². The van der Waals surface area contributed by atoms with Gasteiger partial charge < -0.3 is 5.11 Å². The van der Waals surface area contributed by atoms with E-state index in [1.54, 1.807) is 31.2 Å². The topological polar surface area (TPSA) is 135 Å². The number of allylic oxidation sites excluding steroid dienone is 7.